The molecule has 2 unspecified atom stereocenters. The first kappa shape index (κ1) is 21.6. The highest BCUT2D eigenvalue weighted by atomic mass is 16.5. The third-order valence-electron chi connectivity index (χ3n) is 6.30. The van der Waals surface area contributed by atoms with Crippen molar-refractivity contribution in [3.05, 3.63) is 114 Å². The number of allylic oxidation sites excluding steroid dienone is 1. The number of nitrogens with zero attached hydrogens (tertiary/aromatic N) is 1. The van der Waals surface area contributed by atoms with Crippen LogP contribution in [-0.2, 0) is 23.2 Å². The van der Waals surface area contributed by atoms with Crippen LogP contribution in [0.15, 0.2) is 102 Å². The number of rotatable bonds is 9. The van der Waals surface area contributed by atoms with E-state index in [1.165, 1.54) is 0 Å². The van der Waals surface area contributed by atoms with Gasteiger partial charge in [-0.2, -0.15) is 0 Å². The molecule has 2 N–H and O–H groups in total. The van der Waals surface area contributed by atoms with Crippen LogP contribution in [0.25, 0.3) is 0 Å². The smallest absolute Gasteiger partial charge is 0.218 e. The molecular weight excluding hydrogens is 396 g/mol. The first-order chi connectivity index (χ1) is 15.5. The molecule has 0 saturated carbocycles. The van der Waals surface area contributed by atoms with Crippen LogP contribution in [-0.4, -0.2) is 17.7 Å². The summed E-state index contributed by atoms with van der Waals surface area (Å²) >= 11 is 0. The van der Waals surface area contributed by atoms with E-state index in [1.807, 2.05) is 85.1 Å². The number of hydrogen-bond acceptors (Lipinski definition) is 3. The molecule has 0 aliphatic carbocycles. The van der Waals surface area contributed by atoms with E-state index >= 15 is 0 Å². The molecule has 0 bridgehead atoms. The van der Waals surface area contributed by atoms with Crippen molar-refractivity contribution >= 4 is 12.1 Å². The minimum absolute atomic E-state index is 0.205. The fourth-order valence-corrected chi connectivity index (χ4v) is 4.46. The quantitative estimate of drug-likeness (QED) is 0.524. The van der Waals surface area contributed by atoms with Crippen molar-refractivity contribution in [1.82, 2.24) is 0 Å². The number of primary amides is 1. The monoisotopic (exact) mass is 424 g/mol. The average Bonchev–Trinajstić information content (AvgIpc) is 3.30. The molecular formula is C28H28N2O2. The van der Waals surface area contributed by atoms with Crippen LogP contribution < -0.4 is 10.5 Å². The Labute approximate surface area is 189 Å². The van der Waals surface area contributed by atoms with Crippen molar-refractivity contribution in [1.29, 1.82) is 0 Å². The maximum Gasteiger partial charge on any atom is 0.218 e. The maximum absolute atomic E-state index is 12.1. The minimum atomic E-state index is -0.601. The van der Waals surface area contributed by atoms with Gasteiger partial charge >= 0.3 is 0 Å². The SMILES string of the molecule is CC(CC(N)=O)(c1ccccc1)C1(Cc2ccc(OCc3ccccc3)cc2)C=CC=N1. The number of carbonyl (C=O) groups is 1. The number of ether oxygens (including phenoxy) is 1. The largest absolute Gasteiger partial charge is 0.489 e. The molecule has 4 rings (SSSR count). The predicted octanol–water partition coefficient (Wildman–Crippen LogP) is 5.02. The Hall–Kier alpha value is -3.66. The van der Waals surface area contributed by atoms with Gasteiger partial charge in [0.05, 0.1) is 5.54 Å². The van der Waals surface area contributed by atoms with Gasteiger partial charge in [0.15, 0.2) is 0 Å². The Bertz CT molecular complexity index is 1090. The van der Waals surface area contributed by atoms with Crippen LogP contribution in [0.2, 0.25) is 0 Å². The van der Waals surface area contributed by atoms with Gasteiger partial charge in [-0.05, 0) is 34.9 Å². The molecule has 3 aromatic carbocycles. The van der Waals surface area contributed by atoms with Crippen LogP contribution in [0.4, 0.5) is 0 Å². The second kappa shape index (κ2) is 9.23. The van der Waals surface area contributed by atoms with Crippen molar-refractivity contribution in [2.45, 2.75) is 37.3 Å². The summed E-state index contributed by atoms with van der Waals surface area (Å²) in [6, 6.07) is 28.3. The fourth-order valence-electron chi connectivity index (χ4n) is 4.46. The molecule has 4 nitrogen and oxygen atoms in total. The van der Waals surface area contributed by atoms with E-state index < -0.39 is 11.0 Å². The molecule has 0 radical (unpaired) electrons. The third kappa shape index (κ3) is 4.50. The first-order valence-electron chi connectivity index (χ1n) is 10.8. The summed E-state index contributed by atoms with van der Waals surface area (Å²) in [5.74, 6) is 0.482. The summed E-state index contributed by atoms with van der Waals surface area (Å²) in [4.78, 5) is 17.0. The zero-order valence-corrected chi connectivity index (χ0v) is 18.3. The van der Waals surface area contributed by atoms with E-state index in [4.69, 9.17) is 15.5 Å². The summed E-state index contributed by atoms with van der Waals surface area (Å²) in [6.45, 7) is 2.61. The first-order valence-corrected chi connectivity index (χ1v) is 10.8. The van der Waals surface area contributed by atoms with Crippen molar-refractivity contribution < 1.29 is 9.53 Å². The van der Waals surface area contributed by atoms with Gasteiger partial charge in [-0.15, -0.1) is 0 Å². The Morgan fingerprint density at radius 2 is 1.59 bits per heavy atom. The third-order valence-corrected chi connectivity index (χ3v) is 6.30. The zero-order valence-electron chi connectivity index (χ0n) is 18.3. The normalized spacial score (nSPS) is 18.9. The molecule has 0 spiro atoms. The van der Waals surface area contributed by atoms with Crippen LogP contribution >= 0.6 is 0 Å². The van der Waals surface area contributed by atoms with Gasteiger partial charge in [0.25, 0.3) is 0 Å². The summed E-state index contributed by atoms with van der Waals surface area (Å²) < 4.78 is 5.93. The molecule has 4 heteroatoms. The van der Waals surface area contributed by atoms with E-state index in [9.17, 15) is 4.79 Å². The van der Waals surface area contributed by atoms with E-state index in [0.29, 0.717) is 13.0 Å². The van der Waals surface area contributed by atoms with E-state index in [2.05, 4.69) is 25.1 Å². The van der Waals surface area contributed by atoms with Crippen LogP contribution in [0.3, 0.4) is 0 Å². The Balaban J connectivity index is 1.58. The molecule has 0 fully saturated rings. The lowest BCUT2D eigenvalue weighted by atomic mass is 9.62. The molecule has 162 valence electrons. The molecule has 32 heavy (non-hydrogen) atoms. The second-order valence-corrected chi connectivity index (χ2v) is 8.50. The lowest BCUT2D eigenvalue weighted by Gasteiger charge is -2.43. The number of nitrogens with two attached hydrogens (primary N) is 1. The number of aliphatic imine (C=N–C) groups is 1. The van der Waals surface area contributed by atoms with E-state index in [0.717, 1.165) is 22.4 Å². The molecule has 0 saturated heterocycles. The van der Waals surface area contributed by atoms with E-state index in [1.54, 1.807) is 0 Å². The number of amides is 1. The van der Waals surface area contributed by atoms with Gasteiger partial charge in [-0.25, -0.2) is 0 Å². The van der Waals surface area contributed by atoms with Gasteiger partial charge in [-0.3, -0.25) is 9.79 Å². The summed E-state index contributed by atoms with van der Waals surface area (Å²) in [5.41, 5.74) is 7.82. The van der Waals surface area contributed by atoms with Crippen molar-refractivity contribution in [2.75, 3.05) is 0 Å². The second-order valence-electron chi connectivity index (χ2n) is 8.50. The molecule has 3 aromatic rings. The lowest BCUT2D eigenvalue weighted by molar-refractivity contribution is -0.119. The number of carbonyl (C=O) groups excluding carboxylic acids is 1. The average molecular weight is 425 g/mol. The topological polar surface area (TPSA) is 64.7 Å². The lowest BCUT2D eigenvalue weighted by Crippen LogP contribution is -2.50. The van der Waals surface area contributed by atoms with Crippen molar-refractivity contribution in [3.63, 3.8) is 0 Å². The number of hydrogen-bond donors (Lipinski definition) is 1. The fraction of sp³-hybridized carbons (Fsp3) is 0.214. The maximum atomic E-state index is 12.1. The highest BCUT2D eigenvalue weighted by Gasteiger charge is 2.49. The van der Waals surface area contributed by atoms with Crippen LogP contribution in [0, 0.1) is 0 Å². The Morgan fingerprint density at radius 3 is 2.19 bits per heavy atom. The molecule has 1 amide bonds. The Morgan fingerprint density at radius 1 is 0.938 bits per heavy atom. The molecule has 1 aliphatic heterocycles. The van der Waals surface area contributed by atoms with Gasteiger partial charge in [0.1, 0.15) is 12.4 Å². The minimum Gasteiger partial charge on any atom is -0.489 e. The highest BCUT2D eigenvalue weighted by molar-refractivity contribution is 5.79. The molecule has 0 aromatic heterocycles. The van der Waals surface area contributed by atoms with Gasteiger partial charge < -0.3 is 10.5 Å². The van der Waals surface area contributed by atoms with Gasteiger partial charge in [0.2, 0.25) is 5.91 Å². The molecule has 1 heterocycles. The number of benzene rings is 3. The van der Waals surface area contributed by atoms with Crippen LogP contribution in [0.1, 0.15) is 30.0 Å². The molecule has 1 aliphatic rings. The predicted molar refractivity (Wildman–Crippen MR) is 129 cm³/mol. The van der Waals surface area contributed by atoms with Gasteiger partial charge in [0, 0.05) is 24.5 Å². The summed E-state index contributed by atoms with van der Waals surface area (Å²) in [7, 11) is 0. The van der Waals surface area contributed by atoms with Gasteiger partial charge in [-0.1, -0.05) is 85.8 Å². The molecule has 2 atom stereocenters. The van der Waals surface area contributed by atoms with E-state index in [-0.39, 0.29) is 12.3 Å². The zero-order chi connectivity index (χ0) is 22.4. The Kier molecular flexibility index (Phi) is 6.22. The standard InChI is InChI=1S/C28H28N2O2/c1-27(20-26(29)31,24-11-6-3-7-12-24)28(17-8-18-30-28)19-22-13-15-25(16-14-22)32-21-23-9-4-2-5-10-23/h2-18H,19-21H2,1H3,(H2,29,31). The summed E-state index contributed by atoms with van der Waals surface area (Å²) in [5, 5.41) is 0. The van der Waals surface area contributed by atoms with Crippen LogP contribution in [0.5, 0.6) is 5.75 Å². The van der Waals surface area contributed by atoms with Crippen molar-refractivity contribution in [2.24, 2.45) is 10.7 Å². The summed E-state index contributed by atoms with van der Waals surface area (Å²) in [6.07, 6.45) is 6.73. The van der Waals surface area contributed by atoms with Crippen molar-refractivity contribution in [3.8, 4) is 5.75 Å². The highest BCUT2D eigenvalue weighted by Crippen LogP contribution is 2.45.